The van der Waals surface area contributed by atoms with Crippen LogP contribution in [0.1, 0.15) is 26.7 Å². The first-order valence-corrected chi connectivity index (χ1v) is 4.74. The van der Waals surface area contributed by atoms with Crippen molar-refractivity contribution in [3.05, 3.63) is 0 Å². The summed E-state index contributed by atoms with van der Waals surface area (Å²) in [6.07, 6.45) is 2.44. The summed E-state index contributed by atoms with van der Waals surface area (Å²) >= 11 is 0. The Kier molecular flexibility index (Phi) is 7.45. The van der Waals surface area contributed by atoms with Crippen molar-refractivity contribution in [3.8, 4) is 0 Å². The molecule has 3 nitrogen and oxygen atoms in total. The monoisotopic (exact) mass is 174 g/mol. The largest absolute Gasteiger partial charge is 0.395 e. The van der Waals surface area contributed by atoms with E-state index in [0.717, 1.165) is 12.5 Å². The molecule has 0 aliphatic heterocycles. The fourth-order valence-electron chi connectivity index (χ4n) is 0.987. The predicted molar refractivity (Wildman–Crippen MR) is 52.0 cm³/mol. The maximum absolute atomic E-state index is 8.61. The first-order valence-electron chi connectivity index (χ1n) is 4.74. The van der Waals surface area contributed by atoms with Gasteiger partial charge in [0.2, 0.25) is 0 Å². The van der Waals surface area contributed by atoms with Gasteiger partial charge in [-0.15, -0.1) is 0 Å². The summed E-state index contributed by atoms with van der Waals surface area (Å²) in [6.45, 7) is 6.23. The Morgan fingerprint density at radius 3 is 2.58 bits per heavy atom. The summed E-state index contributed by atoms with van der Waals surface area (Å²) < 4.78 is 0. The van der Waals surface area contributed by atoms with E-state index in [1.807, 2.05) is 0 Å². The van der Waals surface area contributed by atoms with E-state index in [9.17, 15) is 0 Å². The molecule has 0 aromatic heterocycles. The Labute approximate surface area is 75.3 Å². The molecule has 1 atom stereocenters. The van der Waals surface area contributed by atoms with Crippen molar-refractivity contribution in [2.45, 2.75) is 32.7 Å². The Balaban J connectivity index is 3.00. The topological polar surface area (TPSA) is 58.3 Å². The summed E-state index contributed by atoms with van der Waals surface area (Å²) in [5.41, 5.74) is 5.50. The molecule has 0 amide bonds. The van der Waals surface area contributed by atoms with Crippen molar-refractivity contribution in [1.29, 1.82) is 0 Å². The molecule has 0 aromatic rings. The van der Waals surface area contributed by atoms with E-state index in [4.69, 9.17) is 10.8 Å². The maximum Gasteiger partial charge on any atom is 0.0594 e. The SMILES string of the molecule is CC(C)CCCNCC(N)CO. The van der Waals surface area contributed by atoms with Crippen molar-refractivity contribution in [2.24, 2.45) is 11.7 Å². The highest BCUT2D eigenvalue weighted by atomic mass is 16.3. The van der Waals surface area contributed by atoms with Crippen LogP contribution in [0, 0.1) is 5.92 Å². The summed E-state index contributed by atoms with van der Waals surface area (Å²) in [6, 6.07) is -0.107. The summed E-state index contributed by atoms with van der Waals surface area (Å²) in [7, 11) is 0. The van der Waals surface area contributed by atoms with Gasteiger partial charge in [-0.25, -0.2) is 0 Å². The number of hydrogen-bond donors (Lipinski definition) is 3. The van der Waals surface area contributed by atoms with Crippen LogP contribution in [0.25, 0.3) is 0 Å². The Morgan fingerprint density at radius 1 is 1.42 bits per heavy atom. The van der Waals surface area contributed by atoms with Crippen molar-refractivity contribution in [2.75, 3.05) is 19.7 Å². The summed E-state index contributed by atoms with van der Waals surface area (Å²) in [5, 5.41) is 11.8. The molecule has 74 valence electrons. The molecule has 0 saturated heterocycles. The molecule has 12 heavy (non-hydrogen) atoms. The number of aliphatic hydroxyl groups is 1. The molecule has 0 rings (SSSR count). The minimum Gasteiger partial charge on any atom is -0.395 e. The highest BCUT2D eigenvalue weighted by molar-refractivity contribution is 4.62. The maximum atomic E-state index is 8.61. The molecule has 0 fully saturated rings. The van der Waals surface area contributed by atoms with Crippen LogP contribution in [0.4, 0.5) is 0 Å². The average molecular weight is 174 g/mol. The molecular weight excluding hydrogens is 152 g/mol. The molecule has 0 spiro atoms. The van der Waals surface area contributed by atoms with E-state index in [0.29, 0.717) is 6.54 Å². The molecule has 0 radical (unpaired) electrons. The van der Waals surface area contributed by atoms with Crippen LogP contribution < -0.4 is 11.1 Å². The third-order valence-corrected chi connectivity index (χ3v) is 1.78. The lowest BCUT2D eigenvalue weighted by Gasteiger charge is -2.09. The van der Waals surface area contributed by atoms with Crippen molar-refractivity contribution in [1.82, 2.24) is 5.32 Å². The average Bonchev–Trinajstić information content (AvgIpc) is 2.03. The molecule has 3 heteroatoms. The minimum atomic E-state index is -0.107. The quantitative estimate of drug-likeness (QED) is 0.488. The number of rotatable bonds is 7. The number of nitrogens with one attached hydrogen (secondary N) is 1. The van der Waals surface area contributed by atoms with Crippen molar-refractivity contribution >= 4 is 0 Å². The highest BCUT2D eigenvalue weighted by Gasteiger charge is 1.98. The smallest absolute Gasteiger partial charge is 0.0594 e. The first-order chi connectivity index (χ1) is 5.66. The number of hydrogen-bond acceptors (Lipinski definition) is 3. The fraction of sp³-hybridized carbons (Fsp3) is 1.00. The minimum absolute atomic E-state index is 0.0666. The first kappa shape index (κ1) is 11.9. The van der Waals surface area contributed by atoms with Gasteiger partial charge < -0.3 is 16.2 Å². The van der Waals surface area contributed by atoms with Gasteiger partial charge in [0, 0.05) is 12.6 Å². The predicted octanol–water partition coefficient (Wildman–Crippen LogP) is 0.332. The van der Waals surface area contributed by atoms with Gasteiger partial charge in [0.05, 0.1) is 6.61 Å². The summed E-state index contributed by atoms with van der Waals surface area (Å²) in [4.78, 5) is 0. The zero-order valence-corrected chi connectivity index (χ0v) is 8.21. The van der Waals surface area contributed by atoms with E-state index in [1.54, 1.807) is 0 Å². The van der Waals surface area contributed by atoms with Gasteiger partial charge in [-0.05, 0) is 25.3 Å². The van der Waals surface area contributed by atoms with Gasteiger partial charge in [-0.2, -0.15) is 0 Å². The van der Waals surface area contributed by atoms with Crippen LogP contribution >= 0.6 is 0 Å². The molecule has 0 saturated carbocycles. The third kappa shape index (κ3) is 7.98. The summed E-state index contributed by atoms with van der Waals surface area (Å²) in [5.74, 6) is 0.776. The molecule has 4 N–H and O–H groups in total. The van der Waals surface area contributed by atoms with Gasteiger partial charge in [0.1, 0.15) is 0 Å². The second kappa shape index (κ2) is 7.53. The van der Waals surface area contributed by atoms with Crippen LogP contribution in [0.5, 0.6) is 0 Å². The zero-order chi connectivity index (χ0) is 9.40. The van der Waals surface area contributed by atoms with Crippen LogP contribution in [-0.2, 0) is 0 Å². The molecule has 0 aliphatic rings. The Hall–Kier alpha value is -0.120. The highest BCUT2D eigenvalue weighted by Crippen LogP contribution is 2.01. The van der Waals surface area contributed by atoms with E-state index in [1.165, 1.54) is 12.8 Å². The molecule has 1 unspecified atom stereocenters. The lowest BCUT2D eigenvalue weighted by Crippen LogP contribution is -2.37. The number of aliphatic hydroxyl groups excluding tert-OH is 1. The lowest BCUT2D eigenvalue weighted by atomic mass is 10.1. The van der Waals surface area contributed by atoms with Crippen LogP contribution in [0.15, 0.2) is 0 Å². The molecule has 0 aromatic carbocycles. The molecule has 0 aliphatic carbocycles. The zero-order valence-electron chi connectivity index (χ0n) is 8.21. The van der Waals surface area contributed by atoms with E-state index >= 15 is 0 Å². The van der Waals surface area contributed by atoms with Crippen LogP contribution in [0.3, 0.4) is 0 Å². The lowest BCUT2D eigenvalue weighted by molar-refractivity contribution is 0.262. The standard InChI is InChI=1S/C9H22N2O/c1-8(2)4-3-5-11-6-9(10)7-12/h8-9,11-12H,3-7,10H2,1-2H3. The van der Waals surface area contributed by atoms with Crippen LogP contribution in [-0.4, -0.2) is 30.8 Å². The van der Waals surface area contributed by atoms with Gasteiger partial charge >= 0.3 is 0 Å². The van der Waals surface area contributed by atoms with E-state index < -0.39 is 0 Å². The van der Waals surface area contributed by atoms with Gasteiger partial charge in [0.15, 0.2) is 0 Å². The van der Waals surface area contributed by atoms with Gasteiger partial charge in [0.25, 0.3) is 0 Å². The van der Waals surface area contributed by atoms with Gasteiger partial charge in [-0.3, -0.25) is 0 Å². The van der Waals surface area contributed by atoms with Crippen molar-refractivity contribution < 1.29 is 5.11 Å². The molecular formula is C9H22N2O. The molecule has 0 heterocycles. The molecule has 0 bridgehead atoms. The van der Waals surface area contributed by atoms with Crippen LogP contribution in [0.2, 0.25) is 0 Å². The van der Waals surface area contributed by atoms with E-state index in [-0.39, 0.29) is 12.6 Å². The van der Waals surface area contributed by atoms with Crippen molar-refractivity contribution in [3.63, 3.8) is 0 Å². The second-order valence-electron chi connectivity index (χ2n) is 3.68. The number of nitrogens with two attached hydrogens (primary N) is 1. The Bertz CT molecular complexity index is 96.5. The van der Waals surface area contributed by atoms with Gasteiger partial charge in [-0.1, -0.05) is 13.8 Å². The third-order valence-electron chi connectivity index (χ3n) is 1.78. The fourth-order valence-corrected chi connectivity index (χ4v) is 0.987. The Morgan fingerprint density at radius 2 is 2.08 bits per heavy atom. The van der Waals surface area contributed by atoms with E-state index in [2.05, 4.69) is 19.2 Å². The second-order valence-corrected chi connectivity index (χ2v) is 3.68. The normalized spacial score (nSPS) is 13.8.